The van der Waals surface area contributed by atoms with Crippen LogP contribution in [0.25, 0.3) is 27.9 Å². The summed E-state index contributed by atoms with van der Waals surface area (Å²) in [5, 5.41) is 7.87. The van der Waals surface area contributed by atoms with Crippen molar-refractivity contribution in [1.29, 1.82) is 0 Å². The number of piperidine rings is 1. The second kappa shape index (κ2) is 8.10. The molecular formula is C23H22N4O2S. The van der Waals surface area contributed by atoms with Gasteiger partial charge in [-0.15, -0.1) is 0 Å². The van der Waals surface area contributed by atoms with Gasteiger partial charge in [0.2, 0.25) is 0 Å². The quantitative estimate of drug-likeness (QED) is 0.488. The third-order valence-corrected chi connectivity index (χ3v) is 6.41. The van der Waals surface area contributed by atoms with E-state index in [9.17, 15) is 8.76 Å². The number of rotatable bonds is 4. The molecule has 1 aliphatic heterocycles. The van der Waals surface area contributed by atoms with Crippen LogP contribution in [-0.2, 0) is 11.1 Å². The van der Waals surface area contributed by atoms with Gasteiger partial charge in [-0.2, -0.15) is 5.10 Å². The SMILES string of the molecule is O=S(O)c1cccc(-c2cnn3cc(-c4ccc(C5CCNCC5)cc4)cnc23)c1. The summed E-state index contributed by atoms with van der Waals surface area (Å²) < 4.78 is 22.5. The van der Waals surface area contributed by atoms with Crippen LogP contribution in [0.3, 0.4) is 0 Å². The highest BCUT2D eigenvalue weighted by atomic mass is 32.2. The van der Waals surface area contributed by atoms with Crippen molar-refractivity contribution < 1.29 is 8.76 Å². The Bertz CT molecular complexity index is 1210. The highest BCUT2D eigenvalue weighted by Gasteiger charge is 2.15. The first-order chi connectivity index (χ1) is 14.7. The summed E-state index contributed by atoms with van der Waals surface area (Å²) in [4.78, 5) is 4.99. The molecule has 0 amide bonds. The van der Waals surface area contributed by atoms with E-state index in [1.54, 1.807) is 28.9 Å². The molecular weight excluding hydrogens is 396 g/mol. The summed E-state index contributed by atoms with van der Waals surface area (Å²) in [6, 6.07) is 15.8. The van der Waals surface area contributed by atoms with Crippen molar-refractivity contribution in [2.45, 2.75) is 23.7 Å². The summed E-state index contributed by atoms with van der Waals surface area (Å²) in [6.45, 7) is 2.18. The fourth-order valence-electron chi connectivity index (χ4n) is 4.10. The minimum atomic E-state index is -2.02. The summed E-state index contributed by atoms with van der Waals surface area (Å²) in [5.74, 6) is 0.638. The van der Waals surface area contributed by atoms with E-state index in [4.69, 9.17) is 0 Å². The summed E-state index contributed by atoms with van der Waals surface area (Å²) in [5.41, 5.74) is 5.87. The molecule has 1 fully saturated rings. The standard InChI is InChI=1S/C23H22N4O2S/c28-30(29)21-3-1-2-19(12-21)22-14-26-27-15-20(13-25-23(22)27)17-6-4-16(5-7-17)18-8-10-24-11-9-18/h1-7,12-15,18,24H,8-11H2,(H,28,29). The zero-order chi connectivity index (χ0) is 20.5. The molecule has 4 aromatic rings. The van der Waals surface area contributed by atoms with Crippen molar-refractivity contribution in [3.63, 3.8) is 0 Å². The van der Waals surface area contributed by atoms with E-state index in [0.717, 1.165) is 35.3 Å². The van der Waals surface area contributed by atoms with Crippen LogP contribution < -0.4 is 5.32 Å². The van der Waals surface area contributed by atoms with E-state index in [0.29, 0.717) is 16.5 Å². The molecule has 7 heteroatoms. The molecule has 0 aliphatic carbocycles. The fourth-order valence-corrected chi connectivity index (χ4v) is 4.53. The van der Waals surface area contributed by atoms with Gasteiger partial charge >= 0.3 is 0 Å². The van der Waals surface area contributed by atoms with Crippen molar-refractivity contribution in [3.05, 3.63) is 72.7 Å². The van der Waals surface area contributed by atoms with Crippen LogP contribution in [0.4, 0.5) is 0 Å². The van der Waals surface area contributed by atoms with Gasteiger partial charge in [0.1, 0.15) is 0 Å². The number of benzene rings is 2. The molecule has 1 unspecified atom stereocenters. The second-order valence-corrected chi connectivity index (χ2v) is 8.56. The van der Waals surface area contributed by atoms with Gasteiger partial charge in [-0.25, -0.2) is 13.7 Å². The van der Waals surface area contributed by atoms with E-state index in [1.807, 2.05) is 18.5 Å². The first-order valence-electron chi connectivity index (χ1n) is 10.0. The molecule has 2 aromatic heterocycles. The fraction of sp³-hybridized carbons (Fsp3) is 0.217. The number of hydrogen-bond donors (Lipinski definition) is 2. The zero-order valence-electron chi connectivity index (χ0n) is 16.4. The van der Waals surface area contributed by atoms with Gasteiger partial charge in [0.25, 0.3) is 0 Å². The molecule has 1 saturated heterocycles. The highest BCUT2D eigenvalue weighted by Crippen LogP contribution is 2.29. The lowest BCUT2D eigenvalue weighted by Crippen LogP contribution is -2.26. The van der Waals surface area contributed by atoms with Gasteiger partial charge in [0.05, 0.1) is 11.1 Å². The third-order valence-electron chi connectivity index (χ3n) is 5.76. The molecule has 1 atom stereocenters. The topological polar surface area (TPSA) is 79.5 Å². The number of fused-ring (bicyclic) bond motifs is 1. The molecule has 2 aromatic carbocycles. The molecule has 6 nitrogen and oxygen atoms in total. The maximum absolute atomic E-state index is 11.4. The molecule has 2 N–H and O–H groups in total. The van der Waals surface area contributed by atoms with Gasteiger partial charge in [-0.3, -0.25) is 0 Å². The lowest BCUT2D eigenvalue weighted by Gasteiger charge is -2.23. The number of nitrogens with zero attached hydrogens (tertiary/aromatic N) is 3. The Morgan fingerprint density at radius 3 is 2.57 bits per heavy atom. The largest absolute Gasteiger partial charge is 0.317 e. The minimum Gasteiger partial charge on any atom is -0.317 e. The van der Waals surface area contributed by atoms with Gasteiger partial charge in [-0.1, -0.05) is 36.4 Å². The Balaban J connectivity index is 1.45. The van der Waals surface area contributed by atoms with Crippen LogP contribution in [0.1, 0.15) is 24.3 Å². The molecule has 5 rings (SSSR count). The summed E-state index contributed by atoms with van der Waals surface area (Å²) in [7, 11) is 0. The Hall–Kier alpha value is -2.87. The molecule has 0 bridgehead atoms. The van der Waals surface area contributed by atoms with Crippen LogP contribution in [0.2, 0.25) is 0 Å². The van der Waals surface area contributed by atoms with Gasteiger partial charge in [0, 0.05) is 23.5 Å². The molecule has 152 valence electrons. The first kappa shape index (κ1) is 19.1. The highest BCUT2D eigenvalue weighted by molar-refractivity contribution is 7.79. The number of nitrogens with one attached hydrogen (secondary N) is 1. The van der Waals surface area contributed by atoms with E-state index < -0.39 is 11.1 Å². The predicted molar refractivity (Wildman–Crippen MR) is 118 cm³/mol. The Labute approximate surface area is 177 Å². The zero-order valence-corrected chi connectivity index (χ0v) is 17.2. The maximum Gasteiger partial charge on any atom is 0.186 e. The van der Waals surface area contributed by atoms with Crippen molar-refractivity contribution in [3.8, 4) is 22.3 Å². The minimum absolute atomic E-state index is 0.359. The molecule has 0 spiro atoms. The lowest BCUT2D eigenvalue weighted by molar-refractivity contribution is 0.460. The van der Waals surface area contributed by atoms with E-state index in [1.165, 1.54) is 18.4 Å². The maximum atomic E-state index is 11.4. The van der Waals surface area contributed by atoms with Crippen molar-refractivity contribution >= 4 is 16.7 Å². The molecule has 30 heavy (non-hydrogen) atoms. The van der Waals surface area contributed by atoms with Crippen molar-refractivity contribution in [2.24, 2.45) is 0 Å². The first-order valence-corrected chi connectivity index (χ1v) is 11.2. The molecule has 3 heterocycles. The Kier molecular flexibility index (Phi) is 5.16. The van der Waals surface area contributed by atoms with E-state index >= 15 is 0 Å². The lowest BCUT2D eigenvalue weighted by atomic mass is 9.89. The molecule has 0 saturated carbocycles. The van der Waals surface area contributed by atoms with Crippen LogP contribution >= 0.6 is 0 Å². The third kappa shape index (κ3) is 3.67. The summed E-state index contributed by atoms with van der Waals surface area (Å²) >= 11 is -2.02. The molecule has 0 radical (unpaired) electrons. The monoisotopic (exact) mass is 418 g/mol. The predicted octanol–water partition coefficient (Wildman–Crippen LogP) is 4.11. The Morgan fingerprint density at radius 1 is 1.00 bits per heavy atom. The van der Waals surface area contributed by atoms with Crippen LogP contribution in [0, 0.1) is 0 Å². The van der Waals surface area contributed by atoms with Crippen LogP contribution in [-0.4, -0.2) is 36.4 Å². The summed E-state index contributed by atoms with van der Waals surface area (Å²) in [6.07, 6.45) is 7.95. The Morgan fingerprint density at radius 2 is 1.80 bits per heavy atom. The van der Waals surface area contributed by atoms with Gasteiger partial charge in [-0.05, 0) is 60.7 Å². The number of aromatic nitrogens is 3. The van der Waals surface area contributed by atoms with Crippen LogP contribution in [0.5, 0.6) is 0 Å². The smallest absolute Gasteiger partial charge is 0.186 e. The average molecular weight is 419 g/mol. The van der Waals surface area contributed by atoms with Crippen molar-refractivity contribution in [1.82, 2.24) is 19.9 Å². The second-order valence-electron chi connectivity index (χ2n) is 7.59. The van der Waals surface area contributed by atoms with E-state index in [-0.39, 0.29) is 0 Å². The number of hydrogen-bond acceptors (Lipinski definition) is 4. The van der Waals surface area contributed by atoms with Gasteiger partial charge in [0.15, 0.2) is 16.7 Å². The molecule has 1 aliphatic rings. The van der Waals surface area contributed by atoms with Gasteiger partial charge < -0.3 is 9.87 Å². The normalized spacial score (nSPS) is 16.0. The van der Waals surface area contributed by atoms with E-state index in [2.05, 4.69) is 39.7 Å². The van der Waals surface area contributed by atoms with Crippen molar-refractivity contribution in [2.75, 3.05) is 13.1 Å². The van der Waals surface area contributed by atoms with Crippen LogP contribution in [0.15, 0.2) is 72.0 Å². The average Bonchev–Trinajstić information content (AvgIpc) is 3.23.